The summed E-state index contributed by atoms with van der Waals surface area (Å²) in [6.45, 7) is 6.85. The molecule has 1 aliphatic heterocycles. The molecule has 0 aliphatic carbocycles. The molecule has 2 amide bonds. The Bertz CT molecular complexity index is 946. The molecular formula is C24H33N5O4. The van der Waals surface area contributed by atoms with Crippen molar-refractivity contribution in [1.82, 2.24) is 20.6 Å². The van der Waals surface area contributed by atoms with Crippen LogP contribution in [0.25, 0.3) is 0 Å². The number of carbonyl (C=O) groups excluding carboxylic acids is 2. The van der Waals surface area contributed by atoms with E-state index in [1.54, 1.807) is 20.3 Å². The topological polar surface area (TPSA) is 106 Å². The molecule has 0 radical (unpaired) electrons. The summed E-state index contributed by atoms with van der Waals surface area (Å²) in [5, 5.41) is 5.89. The van der Waals surface area contributed by atoms with Gasteiger partial charge in [0.15, 0.2) is 0 Å². The SMILES string of the molecule is COc1cc(C[C@H](NC(C)=O)C(=O)NC2CCN(c3nc(C)cc(C)n3)CC2)cc(OC)c1. The Kier molecular flexibility index (Phi) is 8.08. The van der Waals surface area contributed by atoms with E-state index in [-0.39, 0.29) is 17.9 Å². The number of hydrogen-bond acceptors (Lipinski definition) is 7. The molecule has 3 rings (SSSR count). The normalized spacial score (nSPS) is 15.0. The van der Waals surface area contributed by atoms with Crippen LogP contribution in [0.4, 0.5) is 5.95 Å². The van der Waals surface area contributed by atoms with Crippen LogP contribution in [0.5, 0.6) is 11.5 Å². The van der Waals surface area contributed by atoms with Gasteiger partial charge in [-0.25, -0.2) is 9.97 Å². The number of nitrogens with one attached hydrogen (secondary N) is 2. The van der Waals surface area contributed by atoms with Gasteiger partial charge < -0.3 is 25.0 Å². The zero-order chi connectivity index (χ0) is 24.0. The molecule has 9 nitrogen and oxygen atoms in total. The lowest BCUT2D eigenvalue weighted by Gasteiger charge is -2.33. The van der Waals surface area contributed by atoms with Crippen molar-refractivity contribution in [2.24, 2.45) is 0 Å². The average Bonchev–Trinajstić information content (AvgIpc) is 2.77. The predicted octanol–water partition coefficient (Wildman–Crippen LogP) is 1.94. The predicted molar refractivity (Wildman–Crippen MR) is 126 cm³/mol. The standard InChI is InChI=1S/C24H33N5O4/c1-15-10-16(2)26-24(25-15)29-8-6-19(7-9-29)28-23(31)22(27-17(3)30)13-18-11-20(32-4)14-21(12-18)33-5/h10-12,14,19,22H,6-9,13H2,1-5H3,(H,27,30)(H,28,31)/t22-/m0/s1. The van der Waals surface area contributed by atoms with Gasteiger partial charge in [0, 0.05) is 49.9 Å². The number of benzene rings is 1. The van der Waals surface area contributed by atoms with Gasteiger partial charge >= 0.3 is 0 Å². The van der Waals surface area contributed by atoms with E-state index >= 15 is 0 Å². The lowest BCUT2D eigenvalue weighted by atomic mass is 10.0. The number of hydrogen-bond donors (Lipinski definition) is 2. The number of aromatic nitrogens is 2. The van der Waals surface area contributed by atoms with Crippen LogP contribution in [-0.4, -0.2) is 61.2 Å². The van der Waals surface area contributed by atoms with E-state index in [9.17, 15) is 9.59 Å². The van der Waals surface area contributed by atoms with Crippen molar-refractivity contribution in [3.8, 4) is 11.5 Å². The van der Waals surface area contributed by atoms with Gasteiger partial charge in [0.25, 0.3) is 0 Å². The summed E-state index contributed by atoms with van der Waals surface area (Å²) in [6.07, 6.45) is 1.89. The fraction of sp³-hybridized carbons (Fsp3) is 0.500. The van der Waals surface area contributed by atoms with Crippen LogP contribution in [0.15, 0.2) is 24.3 Å². The van der Waals surface area contributed by atoms with E-state index in [1.807, 2.05) is 32.0 Å². The number of nitrogens with zero attached hydrogens (tertiary/aromatic N) is 3. The van der Waals surface area contributed by atoms with Crippen molar-refractivity contribution in [1.29, 1.82) is 0 Å². The number of carbonyl (C=O) groups is 2. The van der Waals surface area contributed by atoms with E-state index in [0.717, 1.165) is 48.8 Å². The molecular weight excluding hydrogens is 422 g/mol. The molecule has 9 heteroatoms. The molecule has 2 N–H and O–H groups in total. The third-order valence-electron chi connectivity index (χ3n) is 5.64. The van der Waals surface area contributed by atoms with Crippen LogP contribution in [0, 0.1) is 13.8 Å². The van der Waals surface area contributed by atoms with Gasteiger partial charge in [0.1, 0.15) is 17.5 Å². The number of piperidine rings is 1. The number of anilines is 1. The summed E-state index contributed by atoms with van der Waals surface area (Å²) in [6, 6.07) is 6.73. The summed E-state index contributed by atoms with van der Waals surface area (Å²) < 4.78 is 10.6. The third-order valence-corrected chi connectivity index (χ3v) is 5.64. The molecule has 0 saturated carbocycles. The molecule has 1 aromatic carbocycles. The highest BCUT2D eigenvalue weighted by molar-refractivity contribution is 5.87. The monoisotopic (exact) mass is 455 g/mol. The number of methoxy groups -OCH3 is 2. The lowest BCUT2D eigenvalue weighted by Crippen LogP contribution is -2.52. The lowest BCUT2D eigenvalue weighted by molar-refractivity contribution is -0.128. The molecule has 2 heterocycles. The number of ether oxygens (including phenoxy) is 2. The second-order valence-corrected chi connectivity index (χ2v) is 8.40. The van der Waals surface area contributed by atoms with Crippen LogP contribution in [-0.2, 0) is 16.0 Å². The number of aryl methyl sites for hydroxylation is 2. The maximum Gasteiger partial charge on any atom is 0.243 e. The largest absolute Gasteiger partial charge is 0.497 e. The summed E-state index contributed by atoms with van der Waals surface area (Å²) >= 11 is 0. The van der Waals surface area contributed by atoms with E-state index in [2.05, 4.69) is 25.5 Å². The highest BCUT2D eigenvalue weighted by Gasteiger charge is 2.27. The van der Waals surface area contributed by atoms with Gasteiger partial charge in [-0.05, 0) is 50.5 Å². The second-order valence-electron chi connectivity index (χ2n) is 8.40. The highest BCUT2D eigenvalue weighted by Crippen LogP contribution is 2.24. The quantitative estimate of drug-likeness (QED) is 0.627. The van der Waals surface area contributed by atoms with Crippen LogP contribution in [0.3, 0.4) is 0 Å². The molecule has 178 valence electrons. The number of amides is 2. The average molecular weight is 456 g/mol. The minimum atomic E-state index is -0.694. The third kappa shape index (κ3) is 6.81. The second kappa shape index (κ2) is 11.0. The molecule has 1 aliphatic rings. The van der Waals surface area contributed by atoms with Crippen molar-refractivity contribution >= 4 is 17.8 Å². The van der Waals surface area contributed by atoms with Crippen LogP contribution >= 0.6 is 0 Å². The Morgan fingerprint density at radius 2 is 1.61 bits per heavy atom. The Balaban J connectivity index is 1.63. The summed E-state index contributed by atoms with van der Waals surface area (Å²) in [5.41, 5.74) is 2.72. The number of rotatable bonds is 8. The van der Waals surface area contributed by atoms with Crippen molar-refractivity contribution in [2.45, 2.75) is 52.1 Å². The maximum atomic E-state index is 13.1. The van der Waals surface area contributed by atoms with Gasteiger partial charge in [-0.2, -0.15) is 0 Å². The van der Waals surface area contributed by atoms with E-state index < -0.39 is 6.04 Å². The highest BCUT2D eigenvalue weighted by atomic mass is 16.5. The Morgan fingerprint density at radius 3 is 2.12 bits per heavy atom. The minimum absolute atomic E-state index is 0.0239. The van der Waals surface area contributed by atoms with Gasteiger partial charge in [0.2, 0.25) is 17.8 Å². The zero-order valence-electron chi connectivity index (χ0n) is 20.0. The molecule has 1 aromatic heterocycles. The van der Waals surface area contributed by atoms with Crippen molar-refractivity contribution in [3.05, 3.63) is 41.2 Å². The van der Waals surface area contributed by atoms with Gasteiger partial charge in [0.05, 0.1) is 14.2 Å². The van der Waals surface area contributed by atoms with Gasteiger partial charge in [-0.1, -0.05) is 0 Å². The van der Waals surface area contributed by atoms with E-state index in [1.165, 1.54) is 6.92 Å². The van der Waals surface area contributed by atoms with Crippen molar-refractivity contribution in [2.75, 3.05) is 32.2 Å². The van der Waals surface area contributed by atoms with Crippen LogP contribution in [0.1, 0.15) is 36.7 Å². The fourth-order valence-electron chi connectivity index (χ4n) is 4.05. The van der Waals surface area contributed by atoms with Crippen LogP contribution < -0.4 is 25.0 Å². The van der Waals surface area contributed by atoms with Crippen molar-refractivity contribution in [3.63, 3.8) is 0 Å². The summed E-state index contributed by atoms with van der Waals surface area (Å²) in [4.78, 5) is 36.1. The van der Waals surface area contributed by atoms with E-state index in [4.69, 9.17) is 9.47 Å². The summed E-state index contributed by atoms with van der Waals surface area (Å²) in [7, 11) is 3.15. The van der Waals surface area contributed by atoms with Gasteiger partial charge in [-0.3, -0.25) is 9.59 Å². The molecule has 1 atom stereocenters. The first-order valence-electron chi connectivity index (χ1n) is 11.1. The molecule has 0 unspecified atom stereocenters. The van der Waals surface area contributed by atoms with Gasteiger partial charge in [-0.15, -0.1) is 0 Å². The molecule has 0 spiro atoms. The Morgan fingerprint density at radius 1 is 1.03 bits per heavy atom. The zero-order valence-corrected chi connectivity index (χ0v) is 20.0. The van der Waals surface area contributed by atoms with E-state index in [0.29, 0.717) is 17.9 Å². The first-order valence-corrected chi connectivity index (χ1v) is 11.1. The Hall–Kier alpha value is -3.36. The smallest absolute Gasteiger partial charge is 0.243 e. The fourth-order valence-corrected chi connectivity index (χ4v) is 4.05. The molecule has 1 fully saturated rings. The first-order chi connectivity index (χ1) is 15.8. The molecule has 33 heavy (non-hydrogen) atoms. The Labute approximate surface area is 194 Å². The minimum Gasteiger partial charge on any atom is -0.497 e. The maximum absolute atomic E-state index is 13.1. The summed E-state index contributed by atoms with van der Waals surface area (Å²) in [5.74, 6) is 1.54. The first kappa shape index (κ1) is 24.3. The van der Waals surface area contributed by atoms with Crippen molar-refractivity contribution < 1.29 is 19.1 Å². The van der Waals surface area contributed by atoms with Crippen LogP contribution in [0.2, 0.25) is 0 Å². The molecule has 0 bridgehead atoms. The molecule has 2 aromatic rings. The molecule has 1 saturated heterocycles.